The molecule has 1 N–H and O–H groups in total. The van der Waals surface area contributed by atoms with Gasteiger partial charge in [0.1, 0.15) is 0 Å². The van der Waals surface area contributed by atoms with Gasteiger partial charge < -0.3 is 5.32 Å². The van der Waals surface area contributed by atoms with E-state index in [-0.39, 0.29) is 5.54 Å². The molecule has 0 spiro atoms. The predicted octanol–water partition coefficient (Wildman–Crippen LogP) is 3.54. The van der Waals surface area contributed by atoms with E-state index in [4.69, 9.17) is 11.6 Å². The van der Waals surface area contributed by atoms with Crippen LogP contribution in [0.1, 0.15) is 31.9 Å². The molecule has 2 heteroatoms. The van der Waals surface area contributed by atoms with Gasteiger partial charge in [-0.2, -0.15) is 0 Å². The number of halogens is 1. The zero-order valence-electron chi connectivity index (χ0n) is 9.32. The highest BCUT2D eigenvalue weighted by molar-refractivity contribution is 6.31. The lowest BCUT2D eigenvalue weighted by molar-refractivity contribution is 0.424. The molecule has 0 heterocycles. The van der Waals surface area contributed by atoms with Gasteiger partial charge in [0.25, 0.3) is 0 Å². The summed E-state index contributed by atoms with van der Waals surface area (Å²) in [4.78, 5) is 0. The third-order valence-corrected chi connectivity index (χ3v) is 2.47. The molecule has 0 amide bonds. The zero-order valence-corrected chi connectivity index (χ0v) is 10.1. The van der Waals surface area contributed by atoms with Crippen LogP contribution in [0.3, 0.4) is 0 Å². The van der Waals surface area contributed by atoms with E-state index >= 15 is 0 Å². The highest BCUT2D eigenvalue weighted by Gasteiger charge is 2.08. The summed E-state index contributed by atoms with van der Waals surface area (Å²) in [7, 11) is 0. The van der Waals surface area contributed by atoms with Crippen LogP contribution in [0.15, 0.2) is 18.2 Å². The Kier molecular flexibility index (Phi) is 3.57. The number of aryl methyl sites for hydroxylation is 1. The van der Waals surface area contributed by atoms with Crippen molar-refractivity contribution >= 4 is 11.6 Å². The Bertz CT molecular complexity index is 313. The lowest BCUT2D eigenvalue weighted by Crippen LogP contribution is -2.35. The summed E-state index contributed by atoms with van der Waals surface area (Å²) in [5.41, 5.74) is 2.51. The molecule has 0 saturated carbocycles. The van der Waals surface area contributed by atoms with Crippen LogP contribution in [-0.2, 0) is 6.54 Å². The van der Waals surface area contributed by atoms with Gasteiger partial charge in [-0.05, 0) is 44.9 Å². The Balaban J connectivity index is 2.65. The molecule has 1 nitrogen and oxygen atoms in total. The fourth-order valence-electron chi connectivity index (χ4n) is 1.11. The normalized spacial score (nSPS) is 11.8. The van der Waals surface area contributed by atoms with Crippen LogP contribution in [0.2, 0.25) is 5.02 Å². The van der Waals surface area contributed by atoms with Crippen molar-refractivity contribution in [3.05, 3.63) is 34.3 Å². The van der Waals surface area contributed by atoms with Crippen molar-refractivity contribution in [2.45, 2.75) is 39.8 Å². The number of hydrogen-bond acceptors (Lipinski definition) is 1. The second-order valence-electron chi connectivity index (χ2n) is 4.69. The SMILES string of the molecule is Cc1ccc(CNC(C)(C)C)cc1Cl. The third kappa shape index (κ3) is 3.69. The molecule has 0 atom stereocenters. The molecule has 0 aliphatic rings. The molecule has 0 aromatic heterocycles. The molecular formula is C12H18ClN. The minimum atomic E-state index is 0.150. The molecule has 78 valence electrons. The summed E-state index contributed by atoms with van der Waals surface area (Å²) >= 11 is 6.04. The quantitative estimate of drug-likeness (QED) is 0.789. The fraction of sp³-hybridized carbons (Fsp3) is 0.500. The Morgan fingerprint density at radius 3 is 2.43 bits per heavy atom. The second kappa shape index (κ2) is 4.33. The van der Waals surface area contributed by atoms with E-state index in [1.807, 2.05) is 13.0 Å². The summed E-state index contributed by atoms with van der Waals surface area (Å²) in [5, 5.41) is 4.27. The van der Waals surface area contributed by atoms with E-state index in [2.05, 4.69) is 38.2 Å². The average molecular weight is 212 g/mol. The largest absolute Gasteiger partial charge is 0.308 e. The van der Waals surface area contributed by atoms with Crippen molar-refractivity contribution in [2.24, 2.45) is 0 Å². The molecule has 0 aliphatic heterocycles. The van der Waals surface area contributed by atoms with Crippen molar-refractivity contribution in [3.8, 4) is 0 Å². The van der Waals surface area contributed by atoms with E-state index in [0.29, 0.717) is 0 Å². The Labute approximate surface area is 91.5 Å². The topological polar surface area (TPSA) is 12.0 Å². The average Bonchev–Trinajstić information content (AvgIpc) is 2.06. The molecular weight excluding hydrogens is 194 g/mol. The summed E-state index contributed by atoms with van der Waals surface area (Å²) in [6.45, 7) is 9.35. The number of nitrogens with one attached hydrogen (secondary N) is 1. The predicted molar refractivity (Wildman–Crippen MR) is 62.8 cm³/mol. The molecule has 0 fully saturated rings. The molecule has 1 aromatic carbocycles. The lowest BCUT2D eigenvalue weighted by Gasteiger charge is -2.20. The van der Waals surface area contributed by atoms with Gasteiger partial charge in [-0.25, -0.2) is 0 Å². The molecule has 14 heavy (non-hydrogen) atoms. The minimum absolute atomic E-state index is 0.150. The van der Waals surface area contributed by atoms with Gasteiger partial charge in [0, 0.05) is 17.1 Å². The maximum absolute atomic E-state index is 6.04. The van der Waals surface area contributed by atoms with Crippen LogP contribution < -0.4 is 5.32 Å². The molecule has 1 rings (SSSR count). The first-order valence-electron chi connectivity index (χ1n) is 4.88. The minimum Gasteiger partial charge on any atom is -0.308 e. The summed E-state index contributed by atoms with van der Waals surface area (Å²) in [6.07, 6.45) is 0. The number of rotatable bonds is 2. The van der Waals surface area contributed by atoms with Gasteiger partial charge in [-0.1, -0.05) is 23.7 Å². The Morgan fingerprint density at radius 1 is 1.29 bits per heavy atom. The van der Waals surface area contributed by atoms with E-state index in [0.717, 1.165) is 17.1 Å². The summed E-state index contributed by atoms with van der Waals surface area (Å²) in [6, 6.07) is 6.19. The van der Waals surface area contributed by atoms with Crippen LogP contribution >= 0.6 is 11.6 Å². The molecule has 0 unspecified atom stereocenters. The lowest BCUT2D eigenvalue weighted by atomic mass is 10.1. The van der Waals surface area contributed by atoms with E-state index in [1.165, 1.54) is 5.56 Å². The van der Waals surface area contributed by atoms with Crippen molar-refractivity contribution in [1.29, 1.82) is 0 Å². The number of benzene rings is 1. The van der Waals surface area contributed by atoms with Crippen LogP contribution in [0, 0.1) is 6.92 Å². The summed E-state index contributed by atoms with van der Waals surface area (Å²) < 4.78 is 0. The third-order valence-electron chi connectivity index (χ3n) is 2.06. The van der Waals surface area contributed by atoms with Gasteiger partial charge in [0.05, 0.1) is 0 Å². The van der Waals surface area contributed by atoms with Crippen LogP contribution in [-0.4, -0.2) is 5.54 Å². The van der Waals surface area contributed by atoms with E-state index in [1.54, 1.807) is 0 Å². The van der Waals surface area contributed by atoms with E-state index < -0.39 is 0 Å². The maximum Gasteiger partial charge on any atom is 0.0438 e. The smallest absolute Gasteiger partial charge is 0.0438 e. The highest BCUT2D eigenvalue weighted by atomic mass is 35.5. The number of hydrogen-bond donors (Lipinski definition) is 1. The standard InChI is InChI=1S/C12H18ClN/c1-9-5-6-10(7-11(9)13)8-14-12(2,3)4/h5-7,14H,8H2,1-4H3. The van der Waals surface area contributed by atoms with Crippen molar-refractivity contribution in [1.82, 2.24) is 5.32 Å². The van der Waals surface area contributed by atoms with Crippen molar-refractivity contribution in [2.75, 3.05) is 0 Å². The molecule has 0 bridgehead atoms. The van der Waals surface area contributed by atoms with Crippen LogP contribution in [0.25, 0.3) is 0 Å². The maximum atomic E-state index is 6.04. The fourth-order valence-corrected chi connectivity index (χ4v) is 1.32. The highest BCUT2D eigenvalue weighted by Crippen LogP contribution is 2.17. The molecule has 0 aliphatic carbocycles. The first-order chi connectivity index (χ1) is 6.38. The van der Waals surface area contributed by atoms with Gasteiger partial charge in [0.2, 0.25) is 0 Å². The second-order valence-corrected chi connectivity index (χ2v) is 5.09. The van der Waals surface area contributed by atoms with Crippen LogP contribution in [0.4, 0.5) is 0 Å². The van der Waals surface area contributed by atoms with Gasteiger partial charge >= 0.3 is 0 Å². The summed E-state index contributed by atoms with van der Waals surface area (Å²) in [5.74, 6) is 0. The Hall–Kier alpha value is -0.530. The van der Waals surface area contributed by atoms with E-state index in [9.17, 15) is 0 Å². The van der Waals surface area contributed by atoms with Gasteiger partial charge in [-0.15, -0.1) is 0 Å². The van der Waals surface area contributed by atoms with Crippen LogP contribution in [0.5, 0.6) is 0 Å². The van der Waals surface area contributed by atoms with Gasteiger partial charge in [0.15, 0.2) is 0 Å². The van der Waals surface area contributed by atoms with Crippen molar-refractivity contribution in [3.63, 3.8) is 0 Å². The van der Waals surface area contributed by atoms with Crippen molar-refractivity contribution < 1.29 is 0 Å². The Morgan fingerprint density at radius 2 is 1.93 bits per heavy atom. The monoisotopic (exact) mass is 211 g/mol. The first-order valence-corrected chi connectivity index (χ1v) is 5.26. The first kappa shape index (κ1) is 11.5. The molecule has 1 aromatic rings. The van der Waals surface area contributed by atoms with Gasteiger partial charge in [-0.3, -0.25) is 0 Å². The molecule has 0 radical (unpaired) electrons. The molecule has 0 saturated heterocycles. The zero-order chi connectivity index (χ0) is 10.8.